The molecule has 1 aromatic carbocycles. The number of aryl methyl sites for hydroxylation is 1. The van der Waals surface area contributed by atoms with E-state index < -0.39 is 5.91 Å². The predicted octanol–water partition coefficient (Wildman–Crippen LogP) is 2.39. The number of likely N-dealkylation sites (tertiary alicyclic amines) is 1. The Balaban J connectivity index is 1.72. The fraction of sp³-hybridized carbons (Fsp3) is 0.476. The van der Waals surface area contributed by atoms with Gasteiger partial charge in [-0.2, -0.15) is 5.10 Å². The van der Waals surface area contributed by atoms with Crippen molar-refractivity contribution in [2.24, 2.45) is 5.92 Å². The summed E-state index contributed by atoms with van der Waals surface area (Å²) in [5.74, 6) is 0.0123. The number of para-hydroxylation sites is 1. The third-order valence-corrected chi connectivity index (χ3v) is 5.16. The summed E-state index contributed by atoms with van der Waals surface area (Å²) in [5, 5.41) is 7.26. The van der Waals surface area contributed by atoms with Crippen molar-refractivity contribution in [1.29, 1.82) is 0 Å². The second-order valence-corrected chi connectivity index (χ2v) is 7.55. The molecule has 1 aliphatic rings. The summed E-state index contributed by atoms with van der Waals surface area (Å²) >= 11 is 0. The third-order valence-electron chi connectivity index (χ3n) is 5.16. The summed E-state index contributed by atoms with van der Waals surface area (Å²) < 4.78 is 1.64. The van der Waals surface area contributed by atoms with Crippen LogP contribution in [0.5, 0.6) is 0 Å². The zero-order chi connectivity index (χ0) is 19.4. The number of aromatic nitrogens is 2. The summed E-state index contributed by atoms with van der Waals surface area (Å²) in [4.78, 5) is 27.4. The van der Waals surface area contributed by atoms with Crippen molar-refractivity contribution in [3.05, 3.63) is 58.0 Å². The highest BCUT2D eigenvalue weighted by Gasteiger charge is 2.23. The summed E-state index contributed by atoms with van der Waals surface area (Å²) in [5.41, 5.74) is 1.12. The Hall–Kier alpha value is -2.47. The van der Waals surface area contributed by atoms with Crippen molar-refractivity contribution in [3.8, 4) is 5.69 Å². The van der Waals surface area contributed by atoms with E-state index in [1.807, 2.05) is 37.3 Å². The largest absolute Gasteiger partial charge is 0.350 e. The number of nitrogens with zero attached hydrogens (tertiary/aromatic N) is 3. The minimum Gasteiger partial charge on any atom is -0.350 e. The second kappa shape index (κ2) is 8.48. The zero-order valence-electron chi connectivity index (χ0n) is 16.3. The first-order valence-electron chi connectivity index (χ1n) is 9.64. The van der Waals surface area contributed by atoms with Gasteiger partial charge in [-0.05, 0) is 58.2 Å². The van der Waals surface area contributed by atoms with Gasteiger partial charge in [0, 0.05) is 30.9 Å². The van der Waals surface area contributed by atoms with E-state index in [1.165, 1.54) is 6.07 Å². The molecule has 1 fully saturated rings. The standard InChI is InChI=1S/C21H28N4O2/c1-15(2)24-11-7-8-17(14-24)13-22-21(27)20-19(26)12-16(3)25(23-20)18-9-5-4-6-10-18/h4-6,9-10,12,15,17H,7-8,11,13-14H2,1-3H3,(H,22,27). The number of rotatable bonds is 5. The van der Waals surface area contributed by atoms with E-state index in [-0.39, 0.29) is 11.1 Å². The minimum absolute atomic E-state index is 0.0546. The van der Waals surface area contributed by atoms with Gasteiger partial charge in [0.25, 0.3) is 5.91 Å². The first kappa shape index (κ1) is 19.3. The van der Waals surface area contributed by atoms with Crippen LogP contribution in [0, 0.1) is 12.8 Å². The Labute approximate surface area is 160 Å². The number of carbonyl (C=O) groups excluding carboxylic acids is 1. The molecule has 6 nitrogen and oxygen atoms in total. The van der Waals surface area contributed by atoms with E-state index >= 15 is 0 Å². The normalized spacial score (nSPS) is 17.9. The van der Waals surface area contributed by atoms with Crippen molar-refractivity contribution in [2.45, 2.75) is 39.7 Å². The maximum absolute atomic E-state index is 12.6. The van der Waals surface area contributed by atoms with Crippen LogP contribution in [-0.2, 0) is 0 Å². The Morgan fingerprint density at radius 1 is 1.30 bits per heavy atom. The van der Waals surface area contributed by atoms with Gasteiger partial charge in [0.1, 0.15) is 0 Å². The van der Waals surface area contributed by atoms with Gasteiger partial charge in [-0.25, -0.2) is 4.68 Å². The summed E-state index contributed by atoms with van der Waals surface area (Å²) in [6.45, 7) is 8.87. The summed E-state index contributed by atoms with van der Waals surface area (Å²) in [6, 6.07) is 11.5. The molecule has 1 atom stereocenters. The molecule has 0 spiro atoms. The van der Waals surface area contributed by atoms with E-state index in [0.717, 1.165) is 31.6 Å². The van der Waals surface area contributed by atoms with Crippen LogP contribution in [0.4, 0.5) is 0 Å². The average Bonchev–Trinajstić information content (AvgIpc) is 2.67. The molecule has 1 saturated heterocycles. The molecule has 2 heterocycles. The average molecular weight is 368 g/mol. The SMILES string of the molecule is Cc1cc(=O)c(C(=O)NCC2CCCN(C(C)C)C2)nn1-c1ccccc1. The molecule has 0 aliphatic carbocycles. The first-order valence-corrected chi connectivity index (χ1v) is 9.64. The van der Waals surface area contributed by atoms with Gasteiger partial charge in [-0.3, -0.25) is 9.59 Å². The topological polar surface area (TPSA) is 67.2 Å². The molecule has 2 aromatic rings. The molecule has 1 amide bonds. The lowest BCUT2D eigenvalue weighted by Crippen LogP contribution is -2.44. The molecule has 1 aliphatic heterocycles. The predicted molar refractivity (Wildman–Crippen MR) is 106 cm³/mol. The number of nitrogens with one attached hydrogen (secondary N) is 1. The highest BCUT2D eigenvalue weighted by atomic mass is 16.2. The van der Waals surface area contributed by atoms with Crippen LogP contribution in [0.25, 0.3) is 5.69 Å². The maximum atomic E-state index is 12.6. The fourth-order valence-corrected chi connectivity index (χ4v) is 3.59. The molecule has 0 radical (unpaired) electrons. The van der Waals surface area contributed by atoms with E-state index in [1.54, 1.807) is 4.68 Å². The van der Waals surface area contributed by atoms with Crippen LogP contribution < -0.4 is 10.7 Å². The van der Waals surface area contributed by atoms with Gasteiger partial charge < -0.3 is 10.2 Å². The number of hydrogen-bond acceptors (Lipinski definition) is 4. The zero-order valence-corrected chi connectivity index (χ0v) is 16.3. The lowest BCUT2D eigenvalue weighted by molar-refractivity contribution is 0.0915. The highest BCUT2D eigenvalue weighted by molar-refractivity contribution is 5.92. The summed E-state index contributed by atoms with van der Waals surface area (Å²) in [7, 11) is 0. The van der Waals surface area contributed by atoms with Crippen molar-refractivity contribution in [1.82, 2.24) is 20.0 Å². The summed E-state index contributed by atoms with van der Waals surface area (Å²) in [6.07, 6.45) is 2.24. The number of hydrogen-bond donors (Lipinski definition) is 1. The molecule has 1 N–H and O–H groups in total. The van der Waals surface area contributed by atoms with Gasteiger partial charge in [-0.15, -0.1) is 0 Å². The molecular formula is C21H28N4O2. The Kier molecular flexibility index (Phi) is 6.06. The fourth-order valence-electron chi connectivity index (χ4n) is 3.59. The van der Waals surface area contributed by atoms with Crippen LogP contribution in [0.1, 0.15) is 42.9 Å². The van der Waals surface area contributed by atoms with Gasteiger partial charge >= 0.3 is 0 Å². The molecule has 27 heavy (non-hydrogen) atoms. The molecule has 1 aromatic heterocycles. The van der Waals surface area contributed by atoms with E-state index in [0.29, 0.717) is 24.2 Å². The maximum Gasteiger partial charge on any atom is 0.275 e. The van der Waals surface area contributed by atoms with E-state index in [4.69, 9.17) is 0 Å². The first-order chi connectivity index (χ1) is 13.0. The molecule has 1 unspecified atom stereocenters. The molecule has 0 bridgehead atoms. The minimum atomic E-state index is -0.397. The van der Waals surface area contributed by atoms with Gasteiger partial charge in [-0.1, -0.05) is 18.2 Å². The number of piperidine rings is 1. The van der Waals surface area contributed by atoms with Crippen molar-refractivity contribution >= 4 is 5.91 Å². The Morgan fingerprint density at radius 3 is 2.74 bits per heavy atom. The molecule has 144 valence electrons. The van der Waals surface area contributed by atoms with Crippen molar-refractivity contribution in [3.63, 3.8) is 0 Å². The number of benzene rings is 1. The number of amides is 1. The highest BCUT2D eigenvalue weighted by Crippen LogP contribution is 2.17. The van der Waals surface area contributed by atoms with Crippen LogP contribution in [0.2, 0.25) is 0 Å². The van der Waals surface area contributed by atoms with Gasteiger partial charge in [0.15, 0.2) is 5.69 Å². The Morgan fingerprint density at radius 2 is 2.04 bits per heavy atom. The van der Waals surface area contributed by atoms with Crippen LogP contribution in [-0.4, -0.2) is 46.3 Å². The smallest absolute Gasteiger partial charge is 0.275 e. The number of carbonyl (C=O) groups is 1. The molecule has 6 heteroatoms. The van der Waals surface area contributed by atoms with Crippen LogP contribution in [0.3, 0.4) is 0 Å². The van der Waals surface area contributed by atoms with Crippen molar-refractivity contribution in [2.75, 3.05) is 19.6 Å². The molecule has 0 saturated carbocycles. The van der Waals surface area contributed by atoms with Gasteiger partial charge in [0.05, 0.1) is 5.69 Å². The van der Waals surface area contributed by atoms with Crippen LogP contribution in [0.15, 0.2) is 41.2 Å². The van der Waals surface area contributed by atoms with Gasteiger partial charge in [0.2, 0.25) is 5.43 Å². The monoisotopic (exact) mass is 368 g/mol. The molecule has 3 rings (SSSR count). The molecular weight excluding hydrogens is 340 g/mol. The quantitative estimate of drug-likeness (QED) is 0.880. The van der Waals surface area contributed by atoms with E-state index in [9.17, 15) is 9.59 Å². The van der Waals surface area contributed by atoms with Crippen molar-refractivity contribution < 1.29 is 4.79 Å². The van der Waals surface area contributed by atoms with E-state index in [2.05, 4.69) is 29.2 Å². The van der Waals surface area contributed by atoms with Crippen LogP contribution >= 0.6 is 0 Å². The second-order valence-electron chi connectivity index (χ2n) is 7.55. The lowest BCUT2D eigenvalue weighted by Gasteiger charge is -2.35. The third kappa shape index (κ3) is 4.63. The Bertz CT molecular complexity index is 845. The lowest BCUT2D eigenvalue weighted by atomic mass is 9.97.